The molecule has 30 heavy (non-hydrogen) atoms. The van der Waals surface area contributed by atoms with Crippen LogP contribution in [-0.4, -0.2) is 65.7 Å². The van der Waals surface area contributed by atoms with Crippen molar-refractivity contribution in [2.75, 3.05) is 44.7 Å². The maximum Gasteiger partial charge on any atom is 1.00 e. The predicted molar refractivity (Wildman–Crippen MR) is 107 cm³/mol. The Morgan fingerprint density at radius 2 is 2.03 bits per heavy atom. The first kappa shape index (κ1) is 22.5. The number of carbonyl (C=O) groups is 1. The monoisotopic (exact) mass is 403 g/mol. The Bertz CT molecular complexity index is 889. The van der Waals surface area contributed by atoms with Gasteiger partial charge in [0.15, 0.2) is 5.82 Å². The average molecular weight is 403 g/mol. The van der Waals surface area contributed by atoms with E-state index in [4.69, 9.17) is 9.72 Å². The first-order valence-corrected chi connectivity index (χ1v) is 10.2. The fourth-order valence-electron chi connectivity index (χ4n) is 4.03. The molecule has 8 nitrogen and oxygen atoms in total. The largest absolute Gasteiger partial charge is 1.00 e. The van der Waals surface area contributed by atoms with Gasteiger partial charge in [0.1, 0.15) is 23.9 Å². The van der Waals surface area contributed by atoms with Crippen LogP contribution in [0.1, 0.15) is 30.5 Å². The number of carbonyl (C=O) groups excluding carboxylic acids is 1. The third kappa shape index (κ3) is 5.31. The molecule has 154 valence electrons. The minimum absolute atomic E-state index is 0. The van der Waals surface area contributed by atoms with Gasteiger partial charge in [0.2, 0.25) is 0 Å². The van der Waals surface area contributed by atoms with Crippen LogP contribution in [0.25, 0.3) is 11.5 Å². The van der Waals surface area contributed by atoms with E-state index in [1.54, 1.807) is 18.1 Å². The molecule has 3 heterocycles. The van der Waals surface area contributed by atoms with Gasteiger partial charge in [-0.3, -0.25) is 9.88 Å². The maximum absolute atomic E-state index is 11.0. The molecule has 4 rings (SSSR count). The summed E-state index contributed by atoms with van der Waals surface area (Å²) in [6.07, 6.45) is 6.94. The molecular formula is C21H26LiN5O3. The summed E-state index contributed by atoms with van der Waals surface area (Å²) in [5.74, 6) is 0.749. The van der Waals surface area contributed by atoms with E-state index < -0.39 is 5.97 Å². The van der Waals surface area contributed by atoms with Gasteiger partial charge >= 0.3 is 18.9 Å². The summed E-state index contributed by atoms with van der Waals surface area (Å²) in [6.45, 7) is 3.64. The van der Waals surface area contributed by atoms with Crippen molar-refractivity contribution < 1.29 is 33.5 Å². The summed E-state index contributed by atoms with van der Waals surface area (Å²) in [4.78, 5) is 28.8. The van der Waals surface area contributed by atoms with Gasteiger partial charge in [-0.2, -0.15) is 0 Å². The van der Waals surface area contributed by atoms with Crippen LogP contribution in [0, 0.1) is 0 Å². The van der Waals surface area contributed by atoms with E-state index in [0.29, 0.717) is 23.9 Å². The van der Waals surface area contributed by atoms with Crippen molar-refractivity contribution in [1.82, 2.24) is 19.9 Å². The van der Waals surface area contributed by atoms with Crippen molar-refractivity contribution in [2.24, 2.45) is 0 Å². The number of rotatable bonds is 8. The van der Waals surface area contributed by atoms with Crippen molar-refractivity contribution in [3.8, 4) is 17.3 Å². The molecule has 2 aromatic heterocycles. The molecule has 0 aromatic carbocycles. The van der Waals surface area contributed by atoms with Gasteiger partial charge in [0.05, 0.1) is 12.5 Å². The van der Waals surface area contributed by atoms with Gasteiger partial charge in [0.25, 0.3) is 0 Å². The first-order valence-electron chi connectivity index (χ1n) is 10.2. The SMILES string of the molecule is CN(CC(=O)[O-])c1nc(-c2cc(OCCN3CCCC3)ccn2)nc2c1CCC2.[Li+]. The third-order valence-corrected chi connectivity index (χ3v) is 5.47. The number of fused-ring (bicyclic) bond motifs is 1. The summed E-state index contributed by atoms with van der Waals surface area (Å²) >= 11 is 0. The molecule has 0 atom stereocenters. The van der Waals surface area contributed by atoms with Crippen LogP contribution >= 0.6 is 0 Å². The zero-order chi connectivity index (χ0) is 20.2. The second-order valence-electron chi connectivity index (χ2n) is 7.65. The van der Waals surface area contributed by atoms with Crippen LogP contribution in [0.5, 0.6) is 5.75 Å². The fraction of sp³-hybridized carbons (Fsp3) is 0.524. The van der Waals surface area contributed by atoms with E-state index in [2.05, 4.69) is 14.9 Å². The average Bonchev–Trinajstić information content (AvgIpc) is 3.38. The maximum atomic E-state index is 11.0. The quantitative estimate of drug-likeness (QED) is 0.454. The molecule has 1 aliphatic heterocycles. The fourth-order valence-corrected chi connectivity index (χ4v) is 4.03. The topological polar surface area (TPSA) is 94.5 Å². The van der Waals surface area contributed by atoms with Gasteiger partial charge in [-0.1, -0.05) is 0 Å². The predicted octanol–water partition coefficient (Wildman–Crippen LogP) is -2.31. The summed E-state index contributed by atoms with van der Waals surface area (Å²) in [5, 5.41) is 11.0. The number of carboxylic acid groups (broad SMARTS) is 1. The van der Waals surface area contributed by atoms with E-state index in [1.165, 1.54) is 12.8 Å². The van der Waals surface area contributed by atoms with Crippen molar-refractivity contribution >= 4 is 11.8 Å². The van der Waals surface area contributed by atoms with Crippen molar-refractivity contribution in [3.63, 3.8) is 0 Å². The van der Waals surface area contributed by atoms with Gasteiger partial charge in [-0.15, -0.1) is 0 Å². The van der Waals surface area contributed by atoms with Crippen LogP contribution < -0.4 is 33.6 Å². The zero-order valence-electron chi connectivity index (χ0n) is 17.8. The molecule has 0 amide bonds. The molecular weight excluding hydrogens is 377 g/mol. The molecule has 0 spiro atoms. The molecule has 0 saturated carbocycles. The number of likely N-dealkylation sites (tertiary alicyclic amines) is 1. The van der Waals surface area contributed by atoms with E-state index >= 15 is 0 Å². The number of nitrogens with zero attached hydrogens (tertiary/aromatic N) is 5. The van der Waals surface area contributed by atoms with Crippen LogP contribution in [0.3, 0.4) is 0 Å². The number of aromatic nitrogens is 3. The Morgan fingerprint density at radius 1 is 1.23 bits per heavy atom. The summed E-state index contributed by atoms with van der Waals surface area (Å²) < 4.78 is 5.92. The molecule has 1 aliphatic carbocycles. The normalized spacial score (nSPS) is 15.5. The van der Waals surface area contributed by atoms with E-state index in [0.717, 1.165) is 55.9 Å². The number of hydrogen-bond acceptors (Lipinski definition) is 8. The van der Waals surface area contributed by atoms with Gasteiger partial charge in [-0.05, 0) is 51.3 Å². The second-order valence-corrected chi connectivity index (χ2v) is 7.65. The summed E-state index contributed by atoms with van der Waals surface area (Å²) in [7, 11) is 1.71. The summed E-state index contributed by atoms with van der Waals surface area (Å²) in [6, 6.07) is 3.69. The molecule has 1 saturated heterocycles. The van der Waals surface area contributed by atoms with Crippen LogP contribution in [0.15, 0.2) is 18.3 Å². The van der Waals surface area contributed by atoms with Crippen LogP contribution in [0.2, 0.25) is 0 Å². The number of carboxylic acids is 1. The molecule has 0 N–H and O–H groups in total. The molecule has 2 aliphatic rings. The van der Waals surface area contributed by atoms with E-state index in [9.17, 15) is 9.90 Å². The number of anilines is 1. The molecule has 2 aromatic rings. The van der Waals surface area contributed by atoms with Crippen LogP contribution in [0.4, 0.5) is 5.82 Å². The van der Waals surface area contributed by atoms with E-state index in [1.807, 2.05) is 12.1 Å². The van der Waals surface area contributed by atoms with Gasteiger partial charge in [-0.25, -0.2) is 9.97 Å². The molecule has 0 bridgehead atoms. The summed E-state index contributed by atoms with van der Waals surface area (Å²) in [5.41, 5.74) is 2.62. The minimum Gasteiger partial charge on any atom is -0.548 e. The minimum atomic E-state index is -1.13. The molecule has 0 unspecified atom stereocenters. The molecule has 1 fully saturated rings. The Morgan fingerprint density at radius 3 is 2.80 bits per heavy atom. The number of aryl methyl sites for hydroxylation is 1. The zero-order valence-corrected chi connectivity index (χ0v) is 17.8. The molecule has 9 heteroatoms. The first-order chi connectivity index (χ1) is 14.1. The van der Waals surface area contributed by atoms with Crippen LogP contribution in [-0.2, 0) is 17.6 Å². The van der Waals surface area contributed by atoms with Crippen molar-refractivity contribution in [3.05, 3.63) is 29.6 Å². The number of ether oxygens (including phenoxy) is 1. The Labute approximate surface area is 188 Å². The van der Waals surface area contributed by atoms with Gasteiger partial charge < -0.3 is 19.5 Å². The second kappa shape index (κ2) is 10.2. The number of likely N-dealkylation sites (N-methyl/N-ethyl adjacent to an activating group) is 1. The third-order valence-electron chi connectivity index (χ3n) is 5.47. The van der Waals surface area contributed by atoms with Crippen molar-refractivity contribution in [2.45, 2.75) is 32.1 Å². The Hall–Kier alpha value is -2.14. The smallest absolute Gasteiger partial charge is 0.548 e. The Balaban J connectivity index is 0.00000256. The number of pyridine rings is 1. The Kier molecular flexibility index (Phi) is 7.70. The standard InChI is InChI=1S/C21H27N5O3.Li/c1-25(14-19(27)28)21-16-5-4-6-17(16)23-20(24-21)18-13-15(7-8-22-18)29-12-11-26-9-2-3-10-26;/h7-8,13H,2-6,9-12,14H2,1H3,(H,27,28);/q;+1/p-1. The van der Waals surface area contributed by atoms with Crippen molar-refractivity contribution in [1.29, 1.82) is 0 Å². The number of aliphatic carboxylic acids is 1. The number of hydrogen-bond donors (Lipinski definition) is 0. The molecule has 0 radical (unpaired) electrons. The van der Waals surface area contributed by atoms with E-state index in [-0.39, 0.29) is 25.4 Å². The van der Waals surface area contributed by atoms with Gasteiger partial charge in [0, 0.05) is 37.1 Å².